The predicted octanol–water partition coefficient (Wildman–Crippen LogP) is 6.23. The molecular weight excluding hydrogens is 390 g/mol. The summed E-state index contributed by atoms with van der Waals surface area (Å²) in [5, 5.41) is 19.3. The monoisotopic (exact) mass is 405 g/mol. The Hall–Kier alpha value is -3.62. The van der Waals surface area contributed by atoms with Gasteiger partial charge in [-0.25, -0.2) is 0 Å². The van der Waals surface area contributed by atoms with E-state index >= 15 is 0 Å². The van der Waals surface area contributed by atoms with E-state index in [1.807, 2.05) is 42.5 Å². The molecule has 1 N–H and O–H groups in total. The Balaban J connectivity index is 1.45. The number of phenolic OH excluding ortho intramolecular Hbond substituents is 1. The number of aromatic hydroxyl groups is 1. The molecule has 0 saturated heterocycles. The van der Waals surface area contributed by atoms with Crippen molar-refractivity contribution in [2.75, 3.05) is 0 Å². The van der Waals surface area contributed by atoms with Crippen LogP contribution in [0.3, 0.4) is 0 Å². The number of hydrogen-bond donors (Lipinski definition) is 1. The molecule has 29 heavy (non-hydrogen) atoms. The number of rotatable bonds is 6. The van der Waals surface area contributed by atoms with Crippen LogP contribution in [0, 0.1) is 11.3 Å². The number of halogens is 1. The number of nitrogens with zero attached hydrogens (tertiary/aromatic N) is 1. The van der Waals surface area contributed by atoms with Crippen molar-refractivity contribution in [2.24, 2.45) is 0 Å². The van der Waals surface area contributed by atoms with E-state index in [0.717, 1.165) is 16.5 Å². The smallest absolute Gasteiger partial charge is 0.291 e. The lowest BCUT2D eigenvalue weighted by atomic mass is 10.1. The summed E-state index contributed by atoms with van der Waals surface area (Å²) in [5.74, 6) is 1.47. The molecule has 0 bridgehead atoms. The highest BCUT2D eigenvalue weighted by Gasteiger charge is 2.09. The van der Waals surface area contributed by atoms with Gasteiger partial charge in [-0.05, 0) is 41.5 Å². The molecule has 6 heteroatoms. The minimum absolute atomic E-state index is 0.00915. The maximum absolute atomic E-state index is 9.49. The van der Waals surface area contributed by atoms with E-state index in [2.05, 4.69) is 6.07 Å². The summed E-state index contributed by atoms with van der Waals surface area (Å²) in [5.41, 5.74) is 2.67. The van der Waals surface area contributed by atoms with Crippen LogP contribution in [0.15, 0.2) is 71.1 Å². The van der Waals surface area contributed by atoms with Gasteiger partial charge in [0.15, 0.2) is 0 Å². The van der Waals surface area contributed by atoms with Crippen molar-refractivity contribution in [1.82, 2.24) is 0 Å². The van der Waals surface area contributed by atoms with Crippen LogP contribution in [0.25, 0.3) is 11.0 Å². The van der Waals surface area contributed by atoms with E-state index in [1.54, 1.807) is 12.1 Å². The largest absolute Gasteiger partial charge is 0.506 e. The van der Waals surface area contributed by atoms with Crippen LogP contribution >= 0.6 is 11.6 Å². The average Bonchev–Trinajstić information content (AvgIpc) is 3.12. The second-order valence-corrected chi connectivity index (χ2v) is 6.83. The van der Waals surface area contributed by atoms with Gasteiger partial charge in [0.2, 0.25) is 0 Å². The predicted molar refractivity (Wildman–Crippen MR) is 109 cm³/mol. The molecule has 4 aromatic rings. The molecular formula is C23H16ClNO4. The molecule has 3 aromatic carbocycles. The third kappa shape index (κ3) is 4.45. The molecule has 0 atom stereocenters. The van der Waals surface area contributed by atoms with Crippen LogP contribution in [0.4, 0.5) is 0 Å². The molecule has 0 fully saturated rings. The zero-order valence-electron chi connectivity index (χ0n) is 15.3. The van der Waals surface area contributed by atoms with Crippen molar-refractivity contribution < 1.29 is 19.0 Å². The van der Waals surface area contributed by atoms with Crippen LogP contribution in [0.1, 0.15) is 11.1 Å². The summed E-state index contributed by atoms with van der Waals surface area (Å²) in [6.07, 6.45) is 0.402. The number of phenols is 1. The summed E-state index contributed by atoms with van der Waals surface area (Å²) in [4.78, 5) is 0. The summed E-state index contributed by atoms with van der Waals surface area (Å²) >= 11 is 5.90. The molecule has 0 radical (unpaired) electrons. The second-order valence-electron chi connectivity index (χ2n) is 6.42. The average molecular weight is 406 g/mol. The van der Waals surface area contributed by atoms with Crippen molar-refractivity contribution in [2.45, 2.75) is 13.0 Å². The molecule has 5 nitrogen and oxygen atoms in total. The molecule has 1 heterocycles. The van der Waals surface area contributed by atoms with Crippen LogP contribution in [-0.4, -0.2) is 5.11 Å². The van der Waals surface area contributed by atoms with E-state index in [9.17, 15) is 5.11 Å². The Bertz CT molecular complexity index is 1190. The minimum Gasteiger partial charge on any atom is -0.506 e. The number of furan rings is 1. The quantitative estimate of drug-likeness (QED) is 0.411. The molecule has 144 valence electrons. The van der Waals surface area contributed by atoms with Gasteiger partial charge in [0.1, 0.15) is 29.4 Å². The highest BCUT2D eigenvalue weighted by molar-refractivity contribution is 6.32. The molecule has 0 unspecified atom stereocenters. The van der Waals surface area contributed by atoms with Gasteiger partial charge in [-0.15, -0.1) is 0 Å². The zero-order valence-corrected chi connectivity index (χ0v) is 16.0. The standard InChI is InChI=1S/C23H16ClNO4/c24-20-13-19(5-7-21(20)26)28-23-12-17-11-18(6-8-22(17)29-23)27-14-16-3-1-15(2-4-16)9-10-25/h1-8,11-13,26H,9,14H2. The molecule has 0 aliphatic heterocycles. The van der Waals surface area contributed by atoms with Gasteiger partial charge in [-0.1, -0.05) is 35.9 Å². The van der Waals surface area contributed by atoms with E-state index in [1.165, 1.54) is 12.1 Å². The normalized spacial score (nSPS) is 10.6. The third-order valence-electron chi connectivity index (χ3n) is 4.31. The van der Waals surface area contributed by atoms with Crippen molar-refractivity contribution in [3.05, 3.63) is 82.9 Å². The van der Waals surface area contributed by atoms with E-state index in [-0.39, 0.29) is 10.8 Å². The van der Waals surface area contributed by atoms with Crippen LogP contribution < -0.4 is 9.47 Å². The Labute approximate surface area is 172 Å². The Morgan fingerprint density at radius 1 is 0.931 bits per heavy atom. The van der Waals surface area contributed by atoms with Crippen molar-refractivity contribution in [1.29, 1.82) is 5.26 Å². The summed E-state index contributed by atoms with van der Waals surface area (Å²) < 4.78 is 17.2. The molecule has 0 saturated carbocycles. The lowest BCUT2D eigenvalue weighted by Gasteiger charge is -2.06. The van der Waals surface area contributed by atoms with E-state index in [0.29, 0.717) is 36.1 Å². The maximum Gasteiger partial charge on any atom is 0.291 e. The van der Waals surface area contributed by atoms with Crippen LogP contribution in [-0.2, 0) is 13.0 Å². The van der Waals surface area contributed by atoms with Crippen molar-refractivity contribution in [3.8, 4) is 29.3 Å². The SMILES string of the molecule is N#CCc1ccc(COc2ccc3oc(Oc4ccc(O)c(Cl)c4)cc3c2)cc1. The Morgan fingerprint density at radius 2 is 1.69 bits per heavy atom. The number of hydrogen-bond acceptors (Lipinski definition) is 5. The molecule has 0 aliphatic rings. The van der Waals surface area contributed by atoms with Gasteiger partial charge in [0.25, 0.3) is 5.95 Å². The molecule has 0 aliphatic carbocycles. The number of fused-ring (bicyclic) bond motifs is 1. The van der Waals surface area contributed by atoms with E-state index < -0.39 is 0 Å². The highest BCUT2D eigenvalue weighted by atomic mass is 35.5. The summed E-state index contributed by atoms with van der Waals surface area (Å²) in [6.45, 7) is 0.422. The molecule has 0 spiro atoms. The fraction of sp³-hybridized carbons (Fsp3) is 0.0870. The molecule has 0 amide bonds. The van der Waals surface area contributed by atoms with Gasteiger partial charge >= 0.3 is 0 Å². The van der Waals surface area contributed by atoms with Crippen molar-refractivity contribution >= 4 is 22.6 Å². The number of ether oxygens (including phenoxy) is 2. The van der Waals surface area contributed by atoms with Gasteiger partial charge in [-0.3, -0.25) is 0 Å². The first-order chi connectivity index (χ1) is 14.1. The maximum atomic E-state index is 9.49. The second kappa shape index (κ2) is 8.17. The summed E-state index contributed by atoms with van der Waals surface area (Å²) in [7, 11) is 0. The van der Waals surface area contributed by atoms with Crippen LogP contribution in [0.5, 0.6) is 23.2 Å². The first-order valence-corrected chi connectivity index (χ1v) is 9.26. The lowest BCUT2D eigenvalue weighted by molar-refractivity contribution is 0.306. The van der Waals surface area contributed by atoms with Crippen molar-refractivity contribution in [3.63, 3.8) is 0 Å². The fourth-order valence-corrected chi connectivity index (χ4v) is 2.99. The fourth-order valence-electron chi connectivity index (χ4n) is 2.82. The topological polar surface area (TPSA) is 75.6 Å². The third-order valence-corrected chi connectivity index (χ3v) is 4.62. The lowest BCUT2D eigenvalue weighted by Crippen LogP contribution is -1.95. The van der Waals surface area contributed by atoms with Crippen LogP contribution in [0.2, 0.25) is 5.02 Å². The minimum atomic E-state index is -0.00915. The van der Waals surface area contributed by atoms with Gasteiger partial charge in [-0.2, -0.15) is 5.26 Å². The Morgan fingerprint density at radius 3 is 2.45 bits per heavy atom. The number of nitriles is 1. The molecule has 1 aromatic heterocycles. The zero-order chi connectivity index (χ0) is 20.2. The first kappa shape index (κ1) is 18.7. The summed E-state index contributed by atoms with van der Waals surface area (Å²) in [6, 6.07) is 21.8. The van der Waals surface area contributed by atoms with Gasteiger partial charge in [0.05, 0.1) is 17.5 Å². The van der Waals surface area contributed by atoms with Gasteiger partial charge < -0.3 is 19.0 Å². The van der Waals surface area contributed by atoms with E-state index in [4.69, 9.17) is 30.8 Å². The Kier molecular flexibility index (Phi) is 5.28. The molecule has 4 rings (SSSR count). The highest BCUT2D eigenvalue weighted by Crippen LogP contribution is 2.34. The first-order valence-electron chi connectivity index (χ1n) is 8.88. The van der Waals surface area contributed by atoms with Gasteiger partial charge in [0, 0.05) is 17.5 Å². The number of benzene rings is 3.